The van der Waals surface area contributed by atoms with Gasteiger partial charge in [-0.15, -0.1) is 0 Å². The molecule has 0 N–H and O–H groups in total. The summed E-state index contributed by atoms with van der Waals surface area (Å²) in [6, 6.07) is 17.8. The number of halogens is 2. The van der Waals surface area contributed by atoms with E-state index in [1.807, 2.05) is 35.2 Å². The first kappa shape index (κ1) is 27.6. The third kappa shape index (κ3) is 6.52. The molecule has 0 spiro atoms. The number of para-hydroxylation sites is 1. The number of benzene rings is 3. The Morgan fingerprint density at radius 1 is 0.921 bits per heavy atom. The van der Waals surface area contributed by atoms with Gasteiger partial charge in [-0.2, -0.15) is 0 Å². The summed E-state index contributed by atoms with van der Waals surface area (Å²) in [7, 11) is 1.53. The first-order valence-corrected chi connectivity index (χ1v) is 13.3. The normalized spacial score (nSPS) is 13.1. The molecule has 3 aromatic rings. The quantitative estimate of drug-likeness (QED) is 0.261. The van der Waals surface area contributed by atoms with Crippen LogP contribution in [0.2, 0.25) is 10.0 Å². The predicted octanol–water partition coefficient (Wildman–Crippen LogP) is 7.12. The van der Waals surface area contributed by atoms with Gasteiger partial charge in [0.25, 0.3) is 5.91 Å². The highest BCUT2D eigenvalue weighted by molar-refractivity contribution is 6.37. The van der Waals surface area contributed by atoms with Gasteiger partial charge >= 0.3 is 5.97 Å². The maximum atomic E-state index is 13.2. The fraction of sp³-hybridized carbons (Fsp3) is 0.310. The standard InChI is InChI=1S/C29H30Cl2N2O5/c1-3-37-27(34)19-33(20-10-6-4-7-11-20)21-16-24(30)28(25(31)17-21)38-22-12-13-26(36-2)23(18-22)29(35)32-14-8-5-9-15-32/h4,6-7,10-13,16-18H,3,5,8-9,14-15,19H2,1-2H3. The van der Waals surface area contributed by atoms with Gasteiger partial charge in [-0.05, 0) is 68.7 Å². The highest BCUT2D eigenvalue weighted by Gasteiger charge is 2.23. The molecule has 1 fully saturated rings. The highest BCUT2D eigenvalue weighted by atomic mass is 35.5. The Labute approximate surface area is 232 Å². The lowest BCUT2D eigenvalue weighted by Crippen LogP contribution is -2.35. The number of carbonyl (C=O) groups excluding carboxylic acids is 2. The van der Waals surface area contributed by atoms with Crippen molar-refractivity contribution in [2.75, 3.05) is 38.3 Å². The number of amides is 1. The topological polar surface area (TPSA) is 68.3 Å². The summed E-state index contributed by atoms with van der Waals surface area (Å²) in [5.74, 6) is 0.625. The molecule has 9 heteroatoms. The number of likely N-dealkylation sites (tertiary alicyclic amines) is 1. The zero-order valence-electron chi connectivity index (χ0n) is 21.4. The molecule has 0 bridgehead atoms. The van der Waals surface area contributed by atoms with E-state index in [-0.39, 0.29) is 40.8 Å². The number of rotatable bonds is 9. The summed E-state index contributed by atoms with van der Waals surface area (Å²) < 4.78 is 16.7. The zero-order chi connectivity index (χ0) is 27.1. The van der Waals surface area contributed by atoms with E-state index < -0.39 is 0 Å². The van der Waals surface area contributed by atoms with Crippen LogP contribution in [0, 0.1) is 0 Å². The number of carbonyl (C=O) groups is 2. The molecule has 0 radical (unpaired) electrons. The predicted molar refractivity (Wildman–Crippen MR) is 149 cm³/mol. The van der Waals surface area contributed by atoms with Gasteiger partial charge in [-0.3, -0.25) is 9.59 Å². The molecule has 0 atom stereocenters. The SMILES string of the molecule is CCOC(=O)CN(c1ccccc1)c1cc(Cl)c(Oc2ccc(OC)c(C(=O)N3CCCCC3)c2)c(Cl)c1. The molecule has 1 aliphatic heterocycles. The summed E-state index contributed by atoms with van der Waals surface area (Å²) in [5.41, 5.74) is 1.79. The van der Waals surface area contributed by atoms with Gasteiger partial charge in [-0.25, -0.2) is 0 Å². The van der Waals surface area contributed by atoms with Crippen molar-refractivity contribution >= 4 is 46.5 Å². The van der Waals surface area contributed by atoms with E-state index >= 15 is 0 Å². The van der Waals surface area contributed by atoms with Gasteiger partial charge in [0.1, 0.15) is 18.0 Å². The van der Waals surface area contributed by atoms with E-state index in [0.717, 1.165) is 38.0 Å². The van der Waals surface area contributed by atoms with Crippen molar-refractivity contribution < 1.29 is 23.8 Å². The maximum Gasteiger partial charge on any atom is 0.325 e. The Morgan fingerprint density at radius 3 is 2.24 bits per heavy atom. The number of piperidine rings is 1. The van der Waals surface area contributed by atoms with Crippen molar-refractivity contribution in [3.05, 3.63) is 76.3 Å². The molecule has 4 rings (SSSR count). The number of esters is 1. The average Bonchev–Trinajstić information content (AvgIpc) is 2.94. The minimum absolute atomic E-state index is 0.0227. The summed E-state index contributed by atoms with van der Waals surface area (Å²) in [5, 5.41) is 0.494. The minimum atomic E-state index is -0.381. The van der Waals surface area contributed by atoms with Crippen molar-refractivity contribution in [2.24, 2.45) is 0 Å². The number of methoxy groups -OCH3 is 1. The molecular formula is C29H30Cl2N2O5. The van der Waals surface area contributed by atoms with Crippen molar-refractivity contribution in [2.45, 2.75) is 26.2 Å². The van der Waals surface area contributed by atoms with E-state index in [9.17, 15) is 9.59 Å². The molecule has 0 unspecified atom stereocenters. The smallest absolute Gasteiger partial charge is 0.325 e. The maximum absolute atomic E-state index is 13.2. The van der Waals surface area contributed by atoms with Gasteiger partial charge in [0.05, 0.1) is 29.3 Å². The Morgan fingerprint density at radius 2 is 1.61 bits per heavy atom. The second-order valence-electron chi connectivity index (χ2n) is 8.78. The number of ether oxygens (including phenoxy) is 3. The summed E-state index contributed by atoms with van der Waals surface area (Å²) >= 11 is 13.3. The summed E-state index contributed by atoms with van der Waals surface area (Å²) in [6.45, 7) is 3.45. The highest BCUT2D eigenvalue weighted by Crippen LogP contribution is 2.42. The number of nitrogens with zero attached hydrogens (tertiary/aromatic N) is 2. The van der Waals surface area contributed by atoms with Gasteiger partial charge in [0, 0.05) is 24.5 Å². The van der Waals surface area contributed by atoms with Crippen LogP contribution >= 0.6 is 23.2 Å². The van der Waals surface area contributed by atoms with Crippen LogP contribution in [-0.4, -0.2) is 50.1 Å². The van der Waals surface area contributed by atoms with Crippen molar-refractivity contribution in [1.82, 2.24) is 4.90 Å². The third-order valence-electron chi connectivity index (χ3n) is 6.22. The molecule has 1 heterocycles. The molecule has 0 saturated carbocycles. The molecule has 1 amide bonds. The van der Waals surface area contributed by atoms with Crippen LogP contribution in [0.1, 0.15) is 36.5 Å². The fourth-order valence-corrected chi connectivity index (χ4v) is 4.93. The molecule has 1 saturated heterocycles. The second-order valence-corrected chi connectivity index (χ2v) is 9.60. The molecule has 200 valence electrons. The van der Waals surface area contributed by atoms with Gasteiger partial charge < -0.3 is 24.0 Å². The Kier molecular flexibility index (Phi) is 9.37. The summed E-state index contributed by atoms with van der Waals surface area (Å²) in [6.07, 6.45) is 3.09. The van der Waals surface area contributed by atoms with Crippen LogP contribution in [-0.2, 0) is 9.53 Å². The van der Waals surface area contributed by atoms with Gasteiger partial charge in [-0.1, -0.05) is 41.4 Å². The lowest BCUT2D eigenvalue weighted by atomic mass is 10.1. The molecular weight excluding hydrogens is 527 g/mol. The lowest BCUT2D eigenvalue weighted by Gasteiger charge is -2.27. The van der Waals surface area contributed by atoms with E-state index in [2.05, 4.69) is 0 Å². The van der Waals surface area contributed by atoms with Crippen LogP contribution in [0.4, 0.5) is 11.4 Å². The Hall–Kier alpha value is -3.42. The second kappa shape index (κ2) is 12.9. The van der Waals surface area contributed by atoms with E-state index in [4.69, 9.17) is 37.4 Å². The molecule has 3 aromatic carbocycles. The van der Waals surface area contributed by atoms with Crippen LogP contribution < -0.4 is 14.4 Å². The van der Waals surface area contributed by atoms with E-state index in [1.54, 1.807) is 42.2 Å². The van der Waals surface area contributed by atoms with E-state index in [1.165, 1.54) is 7.11 Å². The fourth-order valence-electron chi connectivity index (χ4n) is 4.38. The summed E-state index contributed by atoms with van der Waals surface area (Å²) in [4.78, 5) is 29.1. The minimum Gasteiger partial charge on any atom is -0.496 e. The van der Waals surface area contributed by atoms with Crippen LogP contribution in [0.3, 0.4) is 0 Å². The first-order chi connectivity index (χ1) is 18.4. The van der Waals surface area contributed by atoms with Gasteiger partial charge in [0.2, 0.25) is 0 Å². The van der Waals surface area contributed by atoms with Crippen molar-refractivity contribution in [3.63, 3.8) is 0 Å². The number of hydrogen-bond donors (Lipinski definition) is 0. The van der Waals surface area contributed by atoms with Crippen molar-refractivity contribution in [3.8, 4) is 17.2 Å². The zero-order valence-corrected chi connectivity index (χ0v) is 22.9. The lowest BCUT2D eigenvalue weighted by molar-refractivity contribution is -0.141. The first-order valence-electron chi connectivity index (χ1n) is 12.5. The average molecular weight is 557 g/mol. The van der Waals surface area contributed by atoms with Crippen LogP contribution in [0.25, 0.3) is 0 Å². The molecule has 7 nitrogen and oxygen atoms in total. The number of hydrogen-bond acceptors (Lipinski definition) is 6. The number of anilines is 2. The van der Waals surface area contributed by atoms with Gasteiger partial charge in [0.15, 0.2) is 5.75 Å². The molecule has 0 aromatic heterocycles. The molecule has 1 aliphatic rings. The molecule has 38 heavy (non-hydrogen) atoms. The monoisotopic (exact) mass is 556 g/mol. The Bertz CT molecular complexity index is 1260. The van der Waals surface area contributed by atoms with Crippen LogP contribution in [0.5, 0.6) is 17.2 Å². The molecule has 0 aliphatic carbocycles. The van der Waals surface area contributed by atoms with Crippen LogP contribution in [0.15, 0.2) is 60.7 Å². The van der Waals surface area contributed by atoms with E-state index in [0.29, 0.717) is 22.7 Å². The Balaban J connectivity index is 1.63. The largest absolute Gasteiger partial charge is 0.496 e. The third-order valence-corrected chi connectivity index (χ3v) is 6.78. The van der Waals surface area contributed by atoms with Crippen molar-refractivity contribution in [1.29, 1.82) is 0 Å².